The highest BCUT2D eigenvalue weighted by Crippen LogP contribution is 2.28. The van der Waals surface area contributed by atoms with Crippen molar-refractivity contribution in [1.82, 2.24) is 0 Å². The highest BCUT2D eigenvalue weighted by atomic mass is 16.5. The smallest absolute Gasteiger partial charge is 0.217 e. The Morgan fingerprint density at radius 3 is 1.54 bits per heavy atom. The minimum absolute atomic E-state index is 0.208. The summed E-state index contributed by atoms with van der Waals surface area (Å²) < 4.78 is 12.0. The largest absolute Gasteiger partial charge is 0.475 e. The van der Waals surface area contributed by atoms with E-state index < -0.39 is 0 Å². The molecular weight excluding hydrogens is 324 g/mol. The quantitative estimate of drug-likeness (QED) is 0.818. The van der Waals surface area contributed by atoms with Gasteiger partial charge in [0.1, 0.15) is 13.2 Å². The molecule has 0 saturated heterocycles. The van der Waals surface area contributed by atoms with E-state index in [1.54, 1.807) is 0 Å². The van der Waals surface area contributed by atoms with E-state index in [-0.39, 0.29) is 12.1 Å². The van der Waals surface area contributed by atoms with Crippen LogP contribution in [-0.2, 0) is 9.47 Å². The molecule has 2 aliphatic rings. The molecule has 0 saturated carbocycles. The number of nitrogens with zero attached hydrogens (tertiary/aromatic N) is 2. The van der Waals surface area contributed by atoms with Crippen LogP contribution >= 0.6 is 0 Å². The molecule has 0 amide bonds. The van der Waals surface area contributed by atoms with Gasteiger partial charge in [-0.2, -0.15) is 0 Å². The fourth-order valence-electron chi connectivity index (χ4n) is 3.35. The van der Waals surface area contributed by atoms with E-state index in [9.17, 15) is 0 Å². The van der Waals surface area contributed by atoms with Crippen LogP contribution in [0.4, 0.5) is 0 Å². The van der Waals surface area contributed by atoms with Gasteiger partial charge in [0.25, 0.3) is 0 Å². The lowest BCUT2D eigenvalue weighted by Gasteiger charge is -2.11. The third-order valence-corrected chi connectivity index (χ3v) is 5.23. The SMILES string of the molecule is CC(C)[C@@H]1COC(c2cc3ccccc3cc2C2=N[C@H](C(C)C)CO2)=N1. The lowest BCUT2D eigenvalue weighted by Crippen LogP contribution is -2.13. The second-order valence-electron chi connectivity index (χ2n) is 7.86. The third kappa shape index (κ3) is 3.09. The Kier molecular flexibility index (Phi) is 4.43. The maximum atomic E-state index is 5.98. The summed E-state index contributed by atoms with van der Waals surface area (Å²) >= 11 is 0. The second-order valence-corrected chi connectivity index (χ2v) is 7.86. The van der Waals surface area contributed by atoms with Gasteiger partial charge in [-0.05, 0) is 34.7 Å². The van der Waals surface area contributed by atoms with E-state index in [1.807, 2.05) is 0 Å². The van der Waals surface area contributed by atoms with Crippen LogP contribution in [0.1, 0.15) is 38.8 Å². The first-order valence-electron chi connectivity index (χ1n) is 9.47. The standard InChI is InChI=1S/C22H26N2O2/c1-13(2)19-11-25-21(23-19)17-9-15-7-5-6-8-16(15)10-18(17)22-24-20(12-26-22)14(3)4/h5-10,13-14,19-20H,11-12H2,1-4H3/t19-,20-/m0/s1. The molecule has 4 heteroatoms. The molecule has 0 N–H and O–H groups in total. The summed E-state index contributed by atoms with van der Waals surface area (Å²) in [7, 11) is 0. The molecule has 4 nitrogen and oxygen atoms in total. The number of hydrogen-bond donors (Lipinski definition) is 0. The Balaban J connectivity index is 1.83. The third-order valence-electron chi connectivity index (χ3n) is 5.23. The average molecular weight is 350 g/mol. The van der Waals surface area contributed by atoms with Crippen molar-refractivity contribution >= 4 is 22.6 Å². The van der Waals surface area contributed by atoms with Gasteiger partial charge in [-0.25, -0.2) is 9.98 Å². The van der Waals surface area contributed by atoms with Gasteiger partial charge in [0, 0.05) is 11.1 Å². The summed E-state index contributed by atoms with van der Waals surface area (Å²) in [6.07, 6.45) is 0. The molecule has 0 spiro atoms. The van der Waals surface area contributed by atoms with Gasteiger partial charge >= 0.3 is 0 Å². The zero-order valence-electron chi connectivity index (χ0n) is 15.9. The van der Waals surface area contributed by atoms with E-state index in [4.69, 9.17) is 19.5 Å². The monoisotopic (exact) mass is 350 g/mol. The minimum atomic E-state index is 0.208. The molecule has 2 aromatic carbocycles. The normalized spacial score (nSPS) is 22.5. The van der Waals surface area contributed by atoms with Crippen molar-refractivity contribution < 1.29 is 9.47 Å². The van der Waals surface area contributed by atoms with Gasteiger partial charge in [-0.3, -0.25) is 0 Å². The van der Waals surface area contributed by atoms with E-state index in [0.29, 0.717) is 36.8 Å². The lowest BCUT2D eigenvalue weighted by atomic mass is 10.00. The molecule has 0 aliphatic carbocycles. The van der Waals surface area contributed by atoms with Crippen molar-refractivity contribution in [2.24, 2.45) is 21.8 Å². The molecular formula is C22H26N2O2. The molecule has 136 valence electrons. The van der Waals surface area contributed by atoms with Gasteiger partial charge in [-0.15, -0.1) is 0 Å². The Labute approximate surface area is 154 Å². The fraction of sp³-hybridized carbons (Fsp3) is 0.455. The average Bonchev–Trinajstić information content (AvgIpc) is 3.30. The zero-order valence-corrected chi connectivity index (χ0v) is 15.9. The molecule has 2 aromatic rings. The first kappa shape index (κ1) is 17.1. The summed E-state index contributed by atoms with van der Waals surface area (Å²) in [4.78, 5) is 9.67. The van der Waals surface area contributed by atoms with Gasteiger partial charge < -0.3 is 9.47 Å². The number of ether oxygens (including phenoxy) is 2. The highest BCUT2D eigenvalue weighted by Gasteiger charge is 2.29. The molecule has 4 rings (SSSR count). The molecule has 0 fully saturated rings. The Morgan fingerprint density at radius 1 is 0.769 bits per heavy atom. The highest BCUT2D eigenvalue weighted by molar-refractivity contribution is 6.11. The first-order valence-corrected chi connectivity index (χ1v) is 9.47. The van der Waals surface area contributed by atoms with Crippen LogP contribution in [0, 0.1) is 11.8 Å². The molecule has 0 radical (unpaired) electrons. The molecule has 0 unspecified atom stereocenters. The lowest BCUT2D eigenvalue weighted by molar-refractivity contribution is 0.289. The summed E-state index contributed by atoms with van der Waals surface area (Å²) in [6, 6.07) is 13.1. The number of rotatable bonds is 4. The predicted octanol–water partition coefficient (Wildman–Crippen LogP) is 4.44. The van der Waals surface area contributed by atoms with Crippen LogP contribution < -0.4 is 0 Å². The number of hydrogen-bond acceptors (Lipinski definition) is 4. The van der Waals surface area contributed by atoms with E-state index in [1.165, 1.54) is 10.8 Å². The maximum absolute atomic E-state index is 5.98. The molecule has 0 aromatic heterocycles. The molecule has 26 heavy (non-hydrogen) atoms. The van der Waals surface area contributed by atoms with E-state index in [0.717, 1.165) is 11.1 Å². The number of benzene rings is 2. The zero-order chi connectivity index (χ0) is 18.3. The Bertz CT molecular complexity index is 810. The Morgan fingerprint density at radius 2 is 1.19 bits per heavy atom. The van der Waals surface area contributed by atoms with Crippen molar-refractivity contribution in [2.75, 3.05) is 13.2 Å². The van der Waals surface area contributed by atoms with Crippen LogP contribution in [0.3, 0.4) is 0 Å². The molecule has 2 atom stereocenters. The topological polar surface area (TPSA) is 43.2 Å². The van der Waals surface area contributed by atoms with Crippen LogP contribution in [0.25, 0.3) is 10.8 Å². The van der Waals surface area contributed by atoms with Crippen LogP contribution in [0.15, 0.2) is 46.4 Å². The number of fused-ring (bicyclic) bond motifs is 1. The van der Waals surface area contributed by atoms with Gasteiger partial charge in [0.15, 0.2) is 0 Å². The Hall–Kier alpha value is -2.36. The second kappa shape index (κ2) is 6.75. The maximum Gasteiger partial charge on any atom is 0.217 e. The number of aliphatic imine (C=N–C) groups is 2. The summed E-state index contributed by atoms with van der Waals surface area (Å²) in [5, 5.41) is 2.34. The summed E-state index contributed by atoms with van der Waals surface area (Å²) in [5.41, 5.74) is 1.96. The summed E-state index contributed by atoms with van der Waals surface area (Å²) in [6.45, 7) is 10.00. The van der Waals surface area contributed by atoms with Crippen molar-refractivity contribution in [2.45, 2.75) is 39.8 Å². The predicted molar refractivity (Wildman–Crippen MR) is 106 cm³/mol. The molecule has 2 aliphatic heterocycles. The summed E-state index contributed by atoms with van der Waals surface area (Å²) in [5.74, 6) is 2.34. The fourth-order valence-corrected chi connectivity index (χ4v) is 3.35. The van der Waals surface area contributed by atoms with Crippen molar-refractivity contribution in [1.29, 1.82) is 0 Å². The van der Waals surface area contributed by atoms with E-state index in [2.05, 4.69) is 64.1 Å². The van der Waals surface area contributed by atoms with E-state index >= 15 is 0 Å². The van der Waals surface area contributed by atoms with Crippen LogP contribution in [-0.4, -0.2) is 37.1 Å². The van der Waals surface area contributed by atoms with Gasteiger partial charge in [0.2, 0.25) is 11.8 Å². The first-order chi connectivity index (χ1) is 12.5. The van der Waals surface area contributed by atoms with Gasteiger partial charge in [0.05, 0.1) is 12.1 Å². The van der Waals surface area contributed by atoms with Crippen LogP contribution in [0.5, 0.6) is 0 Å². The van der Waals surface area contributed by atoms with Crippen LogP contribution in [0.2, 0.25) is 0 Å². The van der Waals surface area contributed by atoms with Gasteiger partial charge in [-0.1, -0.05) is 52.0 Å². The molecule has 0 bridgehead atoms. The van der Waals surface area contributed by atoms with Crippen molar-refractivity contribution in [3.63, 3.8) is 0 Å². The van der Waals surface area contributed by atoms with Crippen molar-refractivity contribution in [3.05, 3.63) is 47.5 Å². The molecule has 2 heterocycles. The van der Waals surface area contributed by atoms with Crippen molar-refractivity contribution in [3.8, 4) is 0 Å². The minimum Gasteiger partial charge on any atom is -0.475 e.